The summed E-state index contributed by atoms with van der Waals surface area (Å²) in [4.78, 5) is 3.84. The summed E-state index contributed by atoms with van der Waals surface area (Å²) in [7, 11) is 1.34. The van der Waals surface area contributed by atoms with Gasteiger partial charge in [0.1, 0.15) is 11.6 Å². The van der Waals surface area contributed by atoms with E-state index in [9.17, 15) is 12.8 Å². The van der Waals surface area contributed by atoms with Gasteiger partial charge in [0.05, 0.1) is 6.54 Å². The van der Waals surface area contributed by atoms with Gasteiger partial charge in [0.2, 0.25) is 0 Å². The van der Waals surface area contributed by atoms with Crippen molar-refractivity contribution in [2.24, 2.45) is 0 Å². The molecule has 0 fully saturated rings. The lowest BCUT2D eigenvalue weighted by Gasteiger charge is -2.06. The second kappa shape index (κ2) is 5.22. The van der Waals surface area contributed by atoms with Crippen molar-refractivity contribution in [2.45, 2.75) is 18.5 Å². The van der Waals surface area contributed by atoms with E-state index in [1.54, 1.807) is 19.1 Å². The van der Waals surface area contributed by atoms with E-state index in [0.29, 0.717) is 11.4 Å². The molecule has 0 aliphatic rings. The maximum absolute atomic E-state index is 13.6. The molecule has 0 aliphatic carbocycles. The molecule has 1 aromatic carbocycles. The smallest absolute Gasteiger partial charge is 0.280 e. The number of imidazole rings is 1. The molecule has 0 radical (unpaired) electrons. The van der Waals surface area contributed by atoms with Crippen LogP contribution in [0.5, 0.6) is 0 Å². The van der Waals surface area contributed by atoms with Crippen molar-refractivity contribution in [2.75, 3.05) is 0 Å². The van der Waals surface area contributed by atoms with Crippen molar-refractivity contribution in [3.8, 4) is 0 Å². The maximum atomic E-state index is 13.6. The van der Waals surface area contributed by atoms with Gasteiger partial charge in [-0.2, -0.15) is 0 Å². The molecule has 0 aliphatic heterocycles. The molecule has 0 bridgehead atoms. The van der Waals surface area contributed by atoms with Gasteiger partial charge in [-0.15, -0.1) is 0 Å². The number of halogens is 3. The number of aryl methyl sites for hydroxylation is 1. The molecule has 4 nitrogen and oxygen atoms in total. The number of aromatic nitrogens is 2. The lowest BCUT2D eigenvalue weighted by atomic mass is 10.2. The molecule has 0 saturated carbocycles. The highest BCUT2D eigenvalue weighted by Crippen LogP contribution is 2.19. The molecule has 1 aromatic heterocycles. The Labute approximate surface area is 122 Å². The highest BCUT2D eigenvalue weighted by molar-refractivity contribution is 9.10. The molecule has 2 rings (SSSR count). The maximum Gasteiger partial charge on any atom is 0.280 e. The first-order valence-electron chi connectivity index (χ1n) is 5.20. The quantitative estimate of drug-likeness (QED) is 0.784. The first-order valence-corrected chi connectivity index (χ1v) is 8.30. The molecule has 0 unspecified atom stereocenters. The van der Waals surface area contributed by atoms with Gasteiger partial charge in [0.15, 0.2) is 5.03 Å². The fraction of sp³-hybridized carbons (Fsp3) is 0.182. The Morgan fingerprint density at radius 2 is 2.16 bits per heavy atom. The highest BCUT2D eigenvalue weighted by Gasteiger charge is 2.16. The van der Waals surface area contributed by atoms with Crippen molar-refractivity contribution < 1.29 is 12.8 Å². The van der Waals surface area contributed by atoms with Gasteiger partial charge in [0, 0.05) is 26.9 Å². The van der Waals surface area contributed by atoms with E-state index in [1.807, 2.05) is 0 Å². The van der Waals surface area contributed by atoms with E-state index in [-0.39, 0.29) is 17.4 Å². The first kappa shape index (κ1) is 14.5. The average molecular weight is 368 g/mol. The largest absolute Gasteiger partial charge is 0.329 e. The van der Waals surface area contributed by atoms with E-state index < -0.39 is 9.05 Å². The van der Waals surface area contributed by atoms with Gasteiger partial charge in [-0.1, -0.05) is 15.9 Å². The number of hydrogen-bond donors (Lipinski definition) is 0. The van der Waals surface area contributed by atoms with E-state index in [0.717, 1.165) is 4.47 Å². The second-order valence-electron chi connectivity index (χ2n) is 3.93. The van der Waals surface area contributed by atoms with Crippen LogP contribution in [0.4, 0.5) is 4.39 Å². The summed E-state index contributed by atoms with van der Waals surface area (Å²) in [5, 5.41) is -0.234. The summed E-state index contributed by atoms with van der Waals surface area (Å²) in [5.74, 6) is 0.0742. The predicted molar refractivity (Wildman–Crippen MR) is 73.2 cm³/mol. The Hall–Kier alpha value is -0.920. The van der Waals surface area contributed by atoms with Gasteiger partial charge >= 0.3 is 0 Å². The van der Waals surface area contributed by atoms with E-state index in [4.69, 9.17) is 10.7 Å². The Balaban J connectivity index is 2.39. The Bertz CT molecular complexity index is 730. The summed E-state index contributed by atoms with van der Waals surface area (Å²) in [6.07, 6.45) is 1.29. The predicted octanol–water partition coefficient (Wildman–Crippen LogP) is 3.07. The third-order valence-corrected chi connectivity index (χ3v) is 4.22. The van der Waals surface area contributed by atoms with Crippen molar-refractivity contribution in [1.29, 1.82) is 0 Å². The minimum absolute atomic E-state index is 0.177. The number of benzene rings is 1. The Kier molecular flexibility index (Phi) is 3.98. The summed E-state index contributed by atoms with van der Waals surface area (Å²) in [6, 6.07) is 4.56. The molecule has 0 atom stereocenters. The van der Waals surface area contributed by atoms with Crippen LogP contribution in [0.25, 0.3) is 0 Å². The lowest BCUT2D eigenvalue weighted by Crippen LogP contribution is -2.02. The number of nitrogens with zero attached hydrogens (tertiary/aromatic N) is 2. The van der Waals surface area contributed by atoms with E-state index in [2.05, 4.69) is 20.9 Å². The molecule has 0 N–H and O–H groups in total. The van der Waals surface area contributed by atoms with Crippen LogP contribution in [0.2, 0.25) is 0 Å². The van der Waals surface area contributed by atoms with Gasteiger partial charge in [-0.3, -0.25) is 0 Å². The third kappa shape index (κ3) is 3.34. The molecular weight excluding hydrogens is 359 g/mol. The summed E-state index contributed by atoms with van der Waals surface area (Å²) in [6.45, 7) is 1.80. The first-order chi connectivity index (χ1) is 8.77. The van der Waals surface area contributed by atoms with Gasteiger partial charge < -0.3 is 4.57 Å². The van der Waals surface area contributed by atoms with Crippen LogP contribution in [0.3, 0.4) is 0 Å². The number of hydrogen-bond acceptors (Lipinski definition) is 3. The monoisotopic (exact) mass is 366 g/mol. The molecule has 102 valence electrons. The van der Waals surface area contributed by atoms with Crippen molar-refractivity contribution in [3.63, 3.8) is 0 Å². The fourth-order valence-electron chi connectivity index (χ4n) is 1.60. The van der Waals surface area contributed by atoms with Crippen molar-refractivity contribution in [3.05, 3.63) is 46.1 Å². The minimum atomic E-state index is -3.88. The molecule has 1 heterocycles. The molecule has 8 heteroatoms. The lowest BCUT2D eigenvalue weighted by molar-refractivity contribution is 0.596. The van der Waals surface area contributed by atoms with Crippen LogP contribution in [0.15, 0.2) is 33.9 Å². The van der Waals surface area contributed by atoms with Crippen LogP contribution >= 0.6 is 26.6 Å². The SMILES string of the molecule is Cc1nc(S(=O)(=O)Cl)cn1Cc1cc(Br)ccc1F. The fourth-order valence-corrected chi connectivity index (χ4v) is 2.73. The van der Waals surface area contributed by atoms with E-state index >= 15 is 0 Å². The molecule has 0 amide bonds. The summed E-state index contributed by atoms with van der Waals surface area (Å²) in [5.41, 5.74) is 0.424. The zero-order valence-electron chi connectivity index (χ0n) is 9.77. The third-order valence-electron chi connectivity index (χ3n) is 2.55. The summed E-state index contributed by atoms with van der Waals surface area (Å²) >= 11 is 3.26. The minimum Gasteiger partial charge on any atom is -0.329 e. The van der Waals surface area contributed by atoms with Crippen molar-refractivity contribution in [1.82, 2.24) is 9.55 Å². The van der Waals surface area contributed by atoms with Gasteiger partial charge in [0.25, 0.3) is 9.05 Å². The topological polar surface area (TPSA) is 52.0 Å². The molecule has 2 aromatic rings. The standard InChI is InChI=1S/C11H9BrClFN2O2S/c1-7-15-11(19(13,17)18)6-16(7)5-8-4-9(12)2-3-10(8)14/h2-4,6H,5H2,1H3. The van der Waals surface area contributed by atoms with Crippen LogP contribution in [-0.4, -0.2) is 18.0 Å². The van der Waals surface area contributed by atoms with Crippen molar-refractivity contribution >= 4 is 35.7 Å². The normalized spacial score (nSPS) is 11.8. The summed E-state index contributed by atoms with van der Waals surface area (Å²) < 4.78 is 38.3. The van der Waals surface area contributed by atoms with Crippen LogP contribution < -0.4 is 0 Å². The van der Waals surface area contributed by atoms with Crippen LogP contribution in [0, 0.1) is 12.7 Å². The van der Waals surface area contributed by atoms with Gasteiger partial charge in [-0.05, 0) is 25.1 Å². The molecule has 0 saturated heterocycles. The van der Waals surface area contributed by atoms with Crippen LogP contribution in [0.1, 0.15) is 11.4 Å². The zero-order chi connectivity index (χ0) is 14.2. The molecule has 19 heavy (non-hydrogen) atoms. The second-order valence-corrected chi connectivity index (χ2v) is 7.36. The average Bonchev–Trinajstić information content (AvgIpc) is 2.65. The van der Waals surface area contributed by atoms with Crippen LogP contribution in [-0.2, 0) is 15.6 Å². The molecular formula is C11H9BrClFN2O2S. The Morgan fingerprint density at radius 1 is 1.47 bits per heavy atom. The van der Waals surface area contributed by atoms with E-state index in [1.165, 1.54) is 16.8 Å². The highest BCUT2D eigenvalue weighted by atomic mass is 79.9. The molecule has 0 spiro atoms. The van der Waals surface area contributed by atoms with Gasteiger partial charge in [-0.25, -0.2) is 17.8 Å². The number of rotatable bonds is 3. The Morgan fingerprint density at radius 3 is 2.74 bits per heavy atom. The zero-order valence-corrected chi connectivity index (χ0v) is 12.9.